The molecule has 0 aromatic heterocycles. The highest BCUT2D eigenvalue weighted by Crippen LogP contribution is 2.30. The third-order valence-electron chi connectivity index (χ3n) is 3.71. The normalized spacial score (nSPS) is 15.7. The van der Waals surface area contributed by atoms with Gasteiger partial charge in [-0.3, -0.25) is 4.79 Å². The summed E-state index contributed by atoms with van der Waals surface area (Å²) in [5.41, 5.74) is 0.507. The lowest BCUT2D eigenvalue weighted by Crippen LogP contribution is -2.40. The van der Waals surface area contributed by atoms with Gasteiger partial charge in [-0.25, -0.2) is 0 Å². The number of hydrogen-bond acceptors (Lipinski definition) is 5. The number of methoxy groups -OCH3 is 1. The number of amides is 1. The highest BCUT2D eigenvalue weighted by atomic mass is 32.2. The molecule has 6 heteroatoms. The molecule has 2 aromatic carbocycles. The summed E-state index contributed by atoms with van der Waals surface area (Å²) >= 11 is 1.60. The molecule has 1 atom stereocenters. The third kappa shape index (κ3) is 3.59. The van der Waals surface area contributed by atoms with Crippen molar-refractivity contribution in [2.75, 3.05) is 26.5 Å². The van der Waals surface area contributed by atoms with Gasteiger partial charge in [0.05, 0.1) is 19.2 Å². The molecule has 24 heavy (non-hydrogen) atoms. The number of rotatable bonds is 5. The maximum absolute atomic E-state index is 12.4. The summed E-state index contributed by atoms with van der Waals surface area (Å²) in [5.74, 6) is 1.80. The van der Waals surface area contributed by atoms with E-state index in [1.54, 1.807) is 24.9 Å². The van der Waals surface area contributed by atoms with Gasteiger partial charge in [0.15, 0.2) is 11.5 Å². The zero-order valence-corrected chi connectivity index (χ0v) is 14.4. The number of hydrogen-bond donors (Lipinski definition) is 1. The van der Waals surface area contributed by atoms with E-state index in [1.165, 1.54) is 0 Å². The predicted molar refractivity (Wildman–Crippen MR) is 93.5 cm³/mol. The van der Waals surface area contributed by atoms with E-state index in [2.05, 4.69) is 5.32 Å². The number of carbonyl (C=O) groups excluding carboxylic acids is 1. The van der Waals surface area contributed by atoms with E-state index in [9.17, 15) is 4.79 Å². The Morgan fingerprint density at radius 3 is 2.83 bits per heavy atom. The molecule has 1 aliphatic heterocycles. The number of nitrogens with one attached hydrogen (secondary N) is 1. The average Bonchev–Trinajstić information content (AvgIpc) is 2.65. The van der Waals surface area contributed by atoms with Crippen LogP contribution in [0.3, 0.4) is 0 Å². The van der Waals surface area contributed by atoms with E-state index in [0.717, 1.165) is 10.6 Å². The van der Waals surface area contributed by atoms with Crippen LogP contribution < -0.4 is 19.5 Å². The first kappa shape index (κ1) is 16.5. The number of para-hydroxylation sites is 2. The third-order valence-corrected chi connectivity index (χ3v) is 4.44. The van der Waals surface area contributed by atoms with Crippen molar-refractivity contribution >= 4 is 17.7 Å². The van der Waals surface area contributed by atoms with Crippen LogP contribution in [0.2, 0.25) is 0 Å². The van der Waals surface area contributed by atoms with Crippen LogP contribution in [0, 0.1) is 0 Å². The fourth-order valence-electron chi connectivity index (χ4n) is 2.45. The molecule has 0 bridgehead atoms. The summed E-state index contributed by atoms with van der Waals surface area (Å²) in [6.45, 7) is 0.764. The average molecular weight is 345 g/mol. The van der Waals surface area contributed by atoms with E-state index in [4.69, 9.17) is 14.2 Å². The summed E-state index contributed by atoms with van der Waals surface area (Å²) in [6, 6.07) is 13.0. The Kier molecular flexibility index (Phi) is 5.15. The van der Waals surface area contributed by atoms with Crippen molar-refractivity contribution < 1.29 is 19.0 Å². The molecule has 1 amide bonds. The topological polar surface area (TPSA) is 56.8 Å². The van der Waals surface area contributed by atoms with Gasteiger partial charge in [0.2, 0.25) is 0 Å². The van der Waals surface area contributed by atoms with Crippen LogP contribution in [-0.4, -0.2) is 38.5 Å². The van der Waals surface area contributed by atoms with Gasteiger partial charge in [-0.15, -0.1) is 11.8 Å². The minimum absolute atomic E-state index is 0.193. The van der Waals surface area contributed by atoms with E-state index in [0.29, 0.717) is 30.2 Å². The van der Waals surface area contributed by atoms with E-state index >= 15 is 0 Å². The Morgan fingerprint density at radius 2 is 2.08 bits per heavy atom. The summed E-state index contributed by atoms with van der Waals surface area (Å²) < 4.78 is 16.8. The van der Waals surface area contributed by atoms with Gasteiger partial charge in [0, 0.05) is 4.90 Å². The molecule has 0 radical (unpaired) electrons. The van der Waals surface area contributed by atoms with E-state index < -0.39 is 0 Å². The molecule has 0 unspecified atom stereocenters. The van der Waals surface area contributed by atoms with Crippen LogP contribution in [-0.2, 0) is 0 Å². The second-order valence-electron chi connectivity index (χ2n) is 5.27. The van der Waals surface area contributed by atoms with Crippen molar-refractivity contribution in [2.45, 2.75) is 11.0 Å². The van der Waals surface area contributed by atoms with Crippen LogP contribution in [0.4, 0.5) is 0 Å². The second kappa shape index (κ2) is 7.49. The molecule has 1 heterocycles. The van der Waals surface area contributed by atoms with Crippen LogP contribution in [0.1, 0.15) is 10.4 Å². The molecule has 1 N–H and O–H groups in total. The van der Waals surface area contributed by atoms with Gasteiger partial charge in [-0.05, 0) is 36.6 Å². The summed E-state index contributed by atoms with van der Waals surface area (Å²) in [4.78, 5) is 13.5. The molecule has 0 spiro atoms. The molecule has 0 saturated heterocycles. The highest BCUT2D eigenvalue weighted by molar-refractivity contribution is 7.98. The van der Waals surface area contributed by atoms with Crippen molar-refractivity contribution in [1.29, 1.82) is 0 Å². The fraction of sp³-hybridized carbons (Fsp3) is 0.278. The molecule has 2 aromatic rings. The maximum Gasteiger partial charge on any atom is 0.255 e. The Hall–Kier alpha value is -2.34. The van der Waals surface area contributed by atoms with Gasteiger partial charge in [-0.1, -0.05) is 12.1 Å². The standard InChI is InChI=1S/C18H19NO4S/c1-21-17-9-13(24-2)7-8-14(17)18(20)19-10-12-11-22-15-5-3-4-6-16(15)23-12/h3-9,12H,10-11H2,1-2H3,(H,19,20)/t12-/m0/s1. The highest BCUT2D eigenvalue weighted by Gasteiger charge is 2.22. The van der Waals surface area contributed by atoms with E-state index in [-0.39, 0.29) is 12.0 Å². The molecule has 126 valence electrons. The minimum atomic E-state index is -0.222. The molecule has 3 rings (SSSR count). The van der Waals surface area contributed by atoms with E-state index in [1.807, 2.05) is 42.7 Å². The molecule has 0 saturated carbocycles. The first-order valence-corrected chi connectivity index (χ1v) is 8.82. The number of thioether (sulfide) groups is 1. The molecule has 5 nitrogen and oxygen atoms in total. The van der Waals surface area contributed by atoms with Crippen LogP contribution in [0.5, 0.6) is 17.2 Å². The summed E-state index contributed by atoms with van der Waals surface area (Å²) in [6.07, 6.45) is 1.76. The van der Waals surface area contributed by atoms with Crippen LogP contribution in [0.15, 0.2) is 47.4 Å². The Bertz CT molecular complexity index is 735. The SMILES string of the molecule is COc1cc(SC)ccc1C(=O)NC[C@H]1COc2ccccc2O1. The summed E-state index contributed by atoms with van der Waals surface area (Å²) in [7, 11) is 1.56. The lowest BCUT2D eigenvalue weighted by Gasteiger charge is -2.26. The van der Waals surface area contributed by atoms with Crippen molar-refractivity contribution in [3.63, 3.8) is 0 Å². The number of fused-ring (bicyclic) bond motifs is 1. The van der Waals surface area contributed by atoms with Crippen LogP contribution in [0.25, 0.3) is 0 Å². The largest absolute Gasteiger partial charge is 0.496 e. The Morgan fingerprint density at radius 1 is 1.29 bits per heavy atom. The summed E-state index contributed by atoms with van der Waals surface area (Å²) in [5, 5.41) is 2.88. The first-order chi connectivity index (χ1) is 11.7. The fourth-order valence-corrected chi connectivity index (χ4v) is 2.88. The van der Waals surface area contributed by atoms with Gasteiger partial charge < -0.3 is 19.5 Å². The maximum atomic E-state index is 12.4. The number of carbonyl (C=O) groups is 1. The lowest BCUT2D eigenvalue weighted by molar-refractivity contribution is 0.0787. The molecular formula is C18H19NO4S. The smallest absolute Gasteiger partial charge is 0.255 e. The predicted octanol–water partition coefficient (Wildman–Crippen LogP) is 2.99. The zero-order chi connectivity index (χ0) is 16.9. The van der Waals surface area contributed by atoms with Crippen LogP contribution >= 0.6 is 11.8 Å². The lowest BCUT2D eigenvalue weighted by atomic mass is 10.2. The Labute approximate surface area is 145 Å². The van der Waals surface area contributed by atoms with Gasteiger partial charge in [0.25, 0.3) is 5.91 Å². The number of benzene rings is 2. The first-order valence-electron chi connectivity index (χ1n) is 7.60. The van der Waals surface area contributed by atoms with Gasteiger partial charge in [0.1, 0.15) is 18.5 Å². The molecule has 0 fully saturated rings. The quantitative estimate of drug-likeness (QED) is 0.845. The van der Waals surface area contributed by atoms with Crippen molar-refractivity contribution in [2.24, 2.45) is 0 Å². The van der Waals surface area contributed by atoms with Crippen molar-refractivity contribution in [3.05, 3.63) is 48.0 Å². The second-order valence-corrected chi connectivity index (χ2v) is 6.15. The molecular weight excluding hydrogens is 326 g/mol. The Balaban J connectivity index is 1.62. The number of ether oxygens (including phenoxy) is 3. The van der Waals surface area contributed by atoms with Crippen molar-refractivity contribution in [1.82, 2.24) is 5.32 Å². The molecule has 1 aliphatic rings. The van der Waals surface area contributed by atoms with Gasteiger partial charge in [-0.2, -0.15) is 0 Å². The zero-order valence-electron chi connectivity index (χ0n) is 13.6. The minimum Gasteiger partial charge on any atom is -0.496 e. The molecule has 0 aliphatic carbocycles. The van der Waals surface area contributed by atoms with Crippen molar-refractivity contribution in [3.8, 4) is 17.2 Å². The monoisotopic (exact) mass is 345 g/mol. The van der Waals surface area contributed by atoms with Gasteiger partial charge >= 0.3 is 0 Å².